The summed E-state index contributed by atoms with van der Waals surface area (Å²) < 4.78 is 5.41. The third-order valence-electron chi connectivity index (χ3n) is 4.38. The molecule has 2 unspecified atom stereocenters. The molecule has 21 heavy (non-hydrogen) atoms. The molecule has 4 nitrogen and oxygen atoms in total. The minimum absolute atomic E-state index is 0.00120. The van der Waals surface area contributed by atoms with E-state index in [1.54, 1.807) is 7.11 Å². The number of carbonyl (C=O) groups is 1. The quantitative estimate of drug-likeness (QED) is 0.927. The predicted molar refractivity (Wildman–Crippen MR) is 84.4 cm³/mol. The molecule has 0 radical (unpaired) electrons. The van der Waals surface area contributed by atoms with Gasteiger partial charge in [-0.25, -0.2) is 0 Å². The van der Waals surface area contributed by atoms with Crippen molar-refractivity contribution in [3.63, 3.8) is 0 Å². The van der Waals surface area contributed by atoms with Gasteiger partial charge in [0.25, 0.3) is 0 Å². The van der Waals surface area contributed by atoms with Crippen molar-refractivity contribution in [2.75, 3.05) is 20.7 Å². The Kier molecular flexibility index (Phi) is 5.62. The molecule has 0 saturated carbocycles. The highest BCUT2D eigenvalue weighted by Crippen LogP contribution is 2.28. The maximum absolute atomic E-state index is 12.7. The van der Waals surface area contributed by atoms with E-state index in [9.17, 15) is 4.79 Å². The van der Waals surface area contributed by atoms with Gasteiger partial charge in [0.15, 0.2) is 0 Å². The Morgan fingerprint density at radius 2 is 2.10 bits per heavy atom. The van der Waals surface area contributed by atoms with Crippen LogP contribution in [-0.2, 0) is 4.79 Å². The molecule has 0 spiro atoms. The number of para-hydroxylation sites is 1. The normalized spacial score (nSPS) is 20.4. The molecule has 0 bridgehead atoms. The lowest BCUT2D eigenvalue weighted by Gasteiger charge is -2.30. The molecule has 1 N–H and O–H groups in total. The van der Waals surface area contributed by atoms with Crippen LogP contribution in [0.25, 0.3) is 0 Å². The fraction of sp³-hybridized carbons (Fsp3) is 0.588. The van der Waals surface area contributed by atoms with E-state index in [-0.39, 0.29) is 18.0 Å². The van der Waals surface area contributed by atoms with E-state index < -0.39 is 0 Å². The smallest absolute Gasteiger partial charge is 0.239 e. The van der Waals surface area contributed by atoms with Crippen molar-refractivity contribution >= 4 is 5.91 Å². The summed E-state index contributed by atoms with van der Waals surface area (Å²) in [4.78, 5) is 14.5. The molecule has 1 amide bonds. The van der Waals surface area contributed by atoms with Gasteiger partial charge in [-0.05, 0) is 32.4 Å². The highest BCUT2D eigenvalue weighted by molar-refractivity contribution is 5.82. The summed E-state index contributed by atoms with van der Waals surface area (Å²) >= 11 is 0. The summed E-state index contributed by atoms with van der Waals surface area (Å²) in [6.45, 7) is 2.99. The summed E-state index contributed by atoms with van der Waals surface area (Å²) in [5.41, 5.74) is 1.05. The highest BCUT2D eigenvalue weighted by atomic mass is 16.5. The molecule has 1 aromatic carbocycles. The van der Waals surface area contributed by atoms with Gasteiger partial charge in [-0.3, -0.25) is 4.79 Å². The fourth-order valence-electron chi connectivity index (χ4n) is 2.90. The number of ether oxygens (including phenoxy) is 1. The largest absolute Gasteiger partial charge is 0.496 e. The van der Waals surface area contributed by atoms with Crippen LogP contribution in [0.2, 0.25) is 0 Å². The lowest BCUT2D eigenvalue weighted by atomic mass is 10.0. The van der Waals surface area contributed by atoms with E-state index in [1.165, 1.54) is 6.42 Å². The summed E-state index contributed by atoms with van der Waals surface area (Å²) in [5.74, 6) is 1.01. The molecular weight excluding hydrogens is 264 g/mol. The second kappa shape index (κ2) is 7.46. The van der Waals surface area contributed by atoms with Gasteiger partial charge in [-0.1, -0.05) is 31.0 Å². The molecule has 1 aromatic rings. The van der Waals surface area contributed by atoms with Gasteiger partial charge in [0.1, 0.15) is 5.75 Å². The first kappa shape index (κ1) is 15.8. The van der Waals surface area contributed by atoms with E-state index in [0.29, 0.717) is 0 Å². The van der Waals surface area contributed by atoms with Crippen LogP contribution in [0.1, 0.15) is 44.2 Å². The second-order valence-corrected chi connectivity index (χ2v) is 5.72. The molecule has 4 heteroatoms. The molecule has 1 saturated heterocycles. The highest BCUT2D eigenvalue weighted by Gasteiger charge is 2.27. The van der Waals surface area contributed by atoms with E-state index in [4.69, 9.17) is 4.74 Å². The Labute approximate surface area is 127 Å². The number of nitrogens with zero attached hydrogens (tertiary/aromatic N) is 1. The number of benzene rings is 1. The van der Waals surface area contributed by atoms with Gasteiger partial charge >= 0.3 is 0 Å². The number of carbonyl (C=O) groups excluding carboxylic acids is 1. The maximum atomic E-state index is 12.7. The van der Waals surface area contributed by atoms with Crippen molar-refractivity contribution in [3.8, 4) is 5.75 Å². The standard InChI is InChI=1S/C17H26N2O2/c1-13(14-9-6-7-11-16(14)21-3)19(2)17(20)15-10-5-4-8-12-18-15/h6-7,9,11,13,15,18H,4-5,8,10,12H2,1-3H3. The molecule has 116 valence electrons. The predicted octanol–water partition coefficient (Wildman–Crippen LogP) is 2.75. The maximum Gasteiger partial charge on any atom is 0.239 e. The number of nitrogens with one attached hydrogen (secondary N) is 1. The summed E-state index contributed by atoms with van der Waals surface area (Å²) in [6.07, 6.45) is 4.43. The van der Waals surface area contributed by atoms with E-state index in [2.05, 4.69) is 5.32 Å². The average molecular weight is 290 g/mol. The van der Waals surface area contributed by atoms with Crippen LogP contribution < -0.4 is 10.1 Å². The number of rotatable bonds is 4. The Hall–Kier alpha value is -1.55. The Balaban J connectivity index is 2.10. The number of likely N-dealkylation sites (N-methyl/N-ethyl adjacent to an activating group) is 1. The second-order valence-electron chi connectivity index (χ2n) is 5.72. The lowest BCUT2D eigenvalue weighted by Crippen LogP contribution is -2.45. The van der Waals surface area contributed by atoms with Crippen molar-refractivity contribution < 1.29 is 9.53 Å². The Morgan fingerprint density at radius 3 is 2.86 bits per heavy atom. The van der Waals surface area contributed by atoms with Gasteiger partial charge in [0.05, 0.1) is 19.2 Å². The molecule has 2 atom stereocenters. The van der Waals surface area contributed by atoms with Crippen molar-refractivity contribution in [1.29, 1.82) is 0 Å². The molecule has 1 heterocycles. The third-order valence-corrected chi connectivity index (χ3v) is 4.38. The summed E-state index contributed by atoms with van der Waals surface area (Å²) in [5, 5.41) is 3.37. The first-order valence-electron chi connectivity index (χ1n) is 7.78. The zero-order valence-electron chi connectivity index (χ0n) is 13.3. The summed E-state index contributed by atoms with van der Waals surface area (Å²) in [6, 6.07) is 7.84. The van der Waals surface area contributed by atoms with Crippen LogP contribution in [0, 0.1) is 0 Å². The first-order valence-corrected chi connectivity index (χ1v) is 7.78. The van der Waals surface area contributed by atoms with Crippen molar-refractivity contribution in [1.82, 2.24) is 10.2 Å². The summed E-state index contributed by atoms with van der Waals surface area (Å²) in [7, 11) is 3.55. The van der Waals surface area contributed by atoms with Crippen molar-refractivity contribution in [3.05, 3.63) is 29.8 Å². The first-order chi connectivity index (χ1) is 10.1. The van der Waals surface area contributed by atoms with Gasteiger partial charge in [0, 0.05) is 12.6 Å². The third kappa shape index (κ3) is 3.76. The van der Waals surface area contributed by atoms with E-state index in [0.717, 1.165) is 37.1 Å². The molecule has 0 aromatic heterocycles. The minimum atomic E-state index is -0.0466. The van der Waals surface area contributed by atoms with Crippen LogP contribution in [0.15, 0.2) is 24.3 Å². The zero-order chi connectivity index (χ0) is 15.2. The van der Waals surface area contributed by atoms with Crippen molar-refractivity contribution in [2.24, 2.45) is 0 Å². The van der Waals surface area contributed by atoms with Gasteiger partial charge < -0.3 is 15.0 Å². The Bertz CT molecular complexity index is 468. The molecule has 0 aliphatic carbocycles. The monoisotopic (exact) mass is 290 g/mol. The number of amides is 1. The Morgan fingerprint density at radius 1 is 1.33 bits per heavy atom. The van der Waals surface area contributed by atoms with Crippen LogP contribution in [0.5, 0.6) is 5.75 Å². The van der Waals surface area contributed by atoms with Gasteiger partial charge in [-0.15, -0.1) is 0 Å². The molecule has 1 aliphatic rings. The number of methoxy groups -OCH3 is 1. The topological polar surface area (TPSA) is 41.6 Å². The lowest BCUT2D eigenvalue weighted by molar-refractivity contribution is -0.134. The molecule has 1 aliphatic heterocycles. The molecular formula is C17H26N2O2. The van der Waals surface area contributed by atoms with Crippen LogP contribution in [-0.4, -0.2) is 37.6 Å². The fourth-order valence-corrected chi connectivity index (χ4v) is 2.90. The zero-order valence-corrected chi connectivity index (χ0v) is 13.3. The van der Waals surface area contributed by atoms with Crippen LogP contribution >= 0.6 is 0 Å². The minimum Gasteiger partial charge on any atom is -0.496 e. The average Bonchev–Trinajstić information content (AvgIpc) is 2.82. The van der Waals surface area contributed by atoms with Gasteiger partial charge in [0.2, 0.25) is 5.91 Å². The molecule has 2 rings (SSSR count). The van der Waals surface area contributed by atoms with Crippen molar-refractivity contribution in [2.45, 2.75) is 44.7 Å². The van der Waals surface area contributed by atoms with Crippen LogP contribution in [0.4, 0.5) is 0 Å². The van der Waals surface area contributed by atoms with Gasteiger partial charge in [-0.2, -0.15) is 0 Å². The SMILES string of the molecule is COc1ccccc1C(C)N(C)C(=O)C1CCCCCN1. The van der Waals surface area contributed by atoms with E-state index in [1.807, 2.05) is 43.1 Å². The number of hydrogen-bond donors (Lipinski definition) is 1. The van der Waals surface area contributed by atoms with Crippen LogP contribution in [0.3, 0.4) is 0 Å². The number of hydrogen-bond acceptors (Lipinski definition) is 3. The van der Waals surface area contributed by atoms with E-state index >= 15 is 0 Å². The molecule has 1 fully saturated rings.